The van der Waals surface area contributed by atoms with E-state index in [1.807, 2.05) is 0 Å². The summed E-state index contributed by atoms with van der Waals surface area (Å²) < 4.78 is 0. The van der Waals surface area contributed by atoms with Crippen LogP contribution in [0.4, 0.5) is 0 Å². The van der Waals surface area contributed by atoms with Crippen molar-refractivity contribution >= 4 is 47.9 Å². The maximum Gasteiger partial charge on any atom is 3.00 e. The topological polar surface area (TPSA) is 0 Å². The molecule has 43 heavy (non-hydrogen) atoms. The summed E-state index contributed by atoms with van der Waals surface area (Å²) in [6, 6.07) is 38.5. The fourth-order valence-electron chi connectivity index (χ4n) is 6.64. The largest absolute Gasteiger partial charge is 3.00 e. The van der Waals surface area contributed by atoms with Gasteiger partial charge in [0.1, 0.15) is 0 Å². The van der Waals surface area contributed by atoms with E-state index in [1.54, 1.807) is 5.57 Å². The number of hydrogen-bond acceptors (Lipinski definition) is 0. The fraction of sp³-hybridized carbons (Fsp3) is 0.205. The van der Waals surface area contributed by atoms with Gasteiger partial charge in [0.05, 0.1) is 0 Å². The second-order valence-corrected chi connectivity index (χ2v) is 12.1. The Morgan fingerprint density at radius 3 is 2.14 bits per heavy atom. The summed E-state index contributed by atoms with van der Waals surface area (Å²) in [5, 5.41) is 8.11. The summed E-state index contributed by atoms with van der Waals surface area (Å²) in [6.07, 6.45) is 6.10. The van der Waals surface area contributed by atoms with Gasteiger partial charge in [-0.05, 0) is 58.4 Å². The Balaban J connectivity index is 0.000000812. The molecule has 1 aliphatic rings. The van der Waals surface area contributed by atoms with Gasteiger partial charge in [-0.25, -0.2) is 0 Å². The predicted molar refractivity (Wildman–Crippen MR) is 178 cm³/mol. The third kappa shape index (κ3) is 6.55. The van der Waals surface area contributed by atoms with Gasteiger partial charge in [0, 0.05) is 15.4 Å². The van der Waals surface area contributed by atoms with Crippen molar-refractivity contribution in [3.63, 3.8) is 0 Å². The zero-order valence-corrected chi connectivity index (χ0v) is 30.3. The second-order valence-electron chi connectivity index (χ2n) is 11.1. The monoisotopic (exact) mass is 693 g/mol. The Morgan fingerprint density at radius 1 is 0.721 bits per heavy atom. The minimum absolute atomic E-state index is 0. The molecule has 3 radical (unpaired) electrons. The molecule has 6 aromatic carbocycles. The van der Waals surface area contributed by atoms with Crippen LogP contribution in [0.1, 0.15) is 54.4 Å². The Morgan fingerprint density at radius 2 is 1.37 bits per heavy atom. The van der Waals surface area contributed by atoms with Gasteiger partial charge in [0.25, 0.3) is 0 Å². The van der Waals surface area contributed by atoms with Gasteiger partial charge in [0.2, 0.25) is 0 Å². The molecular formula is C39H37Cl2SiZr. The van der Waals surface area contributed by atoms with Crippen molar-refractivity contribution in [2.75, 3.05) is 0 Å². The summed E-state index contributed by atoms with van der Waals surface area (Å²) in [5.74, 6) is 0.303. The summed E-state index contributed by atoms with van der Waals surface area (Å²) in [6.45, 7) is 8.86. The molecule has 0 fully saturated rings. The van der Waals surface area contributed by atoms with Crippen LogP contribution < -0.4 is 24.8 Å². The zero-order valence-electron chi connectivity index (χ0n) is 25.3. The van der Waals surface area contributed by atoms with Gasteiger partial charge in [-0.3, -0.25) is 0 Å². The van der Waals surface area contributed by atoms with Gasteiger partial charge >= 0.3 is 26.2 Å². The van der Waals surface area contributed by atoms with Gasteiger partial charge in [0.15, 0.2) is 0 Å². The summed E-state index contributed by atoms with van der Waals surface area (Å²) >= 11 is 0. The number of aryl methyl sites for hydroxylation is 1. The maximum atomic E-state index is 2.54. The summed E-state index contributed by atoms with van der Waals surface area (Å²) in [4.78, 5) is 0. The molecule has 7 rings (SSSR count). The molecule has 0 aliphatic heterocycles. The smallest absolute Gasteiger partial charge is 1.00 e. The number of allylic oxidation sites excluding steroid dienone is 1. The molecular weight excluding hydrogens is 659 g/mol. The van der Waals surface area contributed by atoms with Crippen LogP contribution in [0.3, 0.4) is 0 Å². The first kappa shape index (κ1) is 35.1. The van der Waals surface area contributed by atoms with Crippen molar-refractivity contribution in [3.8, 4) is 11.1 Å². The van der Waals surface area contributed by atoms with Crippen molar-refractivity contribution in [2.45, 2.75) is 52.1 Å². The molecule has 6 aromatic rings. The third-order valence-electron chi connectivity index (χ3n) is 8.38. The van der Waals surface area contributed by atoms with Gasteiger partial charge in [-0.15, -0.1) is 33.7 Å². The van der Waals surface area contributed by atoms with Crippen LogP contribution in [0.5, 0.6) is 0 Å². The molecule has 1 unspecified atom stereocenters. The number of benzene rings is 5. The fourth-order valence-corrected chi connectivity index (χ4v) is 6.64. The molecule has 0 bridgehead atoms. The van der Waals surface area contributed by atoms with Crippen molar-refractivity contribution < 1.29 is 51.0 Å². The number of halogens is 2. The Bertz CT molecular complexity index is 1870. The number of fused-ring (bicyclic) bond motifs is 5. The van der Waals surface area contributed by atoms with Crippen molar-refractivity contribution in [1.29, 1.82) is 0 Å². The molecule has 215 valence electrons. The van der Waals surface area contributed by atoms with E-state index in [1.165, 1.54) is 78.5 Å². The van der Waals surface area contributed by atoms with E-state index in [2.05, 4.69) is 136 Å². The van der Waals surface area contributed by atoms with E-state index in [9.17, 15) is 0 Å². The van der Waals surface area contributed by atoms with E-state index in [0.29, 0.717) is 5.92 Å². The maximum absolute atomic E-state index is 2.54. The van der Waals surface area contributed by atoms with Crippen molar-refractivity contribution in [1.82, 2.24) is 0 Å². The quantitative estimate of drug-likeness (QED) is 0.169. The number of hydrogen-bond donors (Lipinski definition) is 0. The molecule has 1 atom stereocenters. The minimum Gasteiger partial charge on any atom is -1.00 e. The van der Waals surface area contributed by atoms with E-state index in [-0.39, 0.29) is 51.0 Å². The van der Waals surface area contributed by atoms with Gasteiger partial charge in [-0.2, -0.15) is 0 Å². The van der Waals surface area contributed by atoms with Crippen molar-refractivity contribution in [3.05, 3.63) is 131 Å². The normalized spacial score (nSPS) is 13.3. The standard InChI is InChI=1S/C37H31.C2H6Si.2ClH.Zr/c1-3-4-11-27-23-35-31(36-24(2)20-21-25-12-5-8-15-29(25)36)17-10-19-33(35)37(27)32-18-9-16-30-28-14-7-6-13-26(28)22-34(30)32;1-3-2;;;/h5-10,12-23,37H,3-4,11H2,1-2H3;1-2H3;2*1H;/q-1;;;;+3/p-2. The second kappa shape index (κ2) is 15.6. The van der Waals surface area contributed by atoms with Crippen LogP contribution in [0, 0.1) is 6.92 Å². The first-order valence-electron chi connectivity index (χ1n) is 14.6. The molecule has 4 heteroatoms. The van der Waals surface area contributed by atoms with E-state index in [0.717, 1.165) is 15.9 Å². The Labute approximate surface area is 291 Å². The van der Waals surface area contributed by atoms with Crippen LogP contribution in [0.15, 0.2) is 109 Å². The Hall–Kier alpha value is -2.35. The van der Waals surface area contributed by atoms with Crippen LogP contribution in [0.2, 0.25) is 13.1 Å². The summed E-state index contributed by atoms with van der Waals surface area (Å²) in [7, 11) is 1.08. The van der Waals surface area contributed by atoms with Crippen LogP contribution in [-0.4, -0.2) is 9.52 Å². The van der Waals surface area contributed by atoms with Gasteiger partial charge < -0.3 is 24.8 Å². The number of rotatable bonds is 5. The van der Waals surface area contributed by atoms with E-state index < -0.39 is 0 Å². The first-order valence-corrected chi connectivity index (χ1v) is 16.6. The molecule has 0 N–H and O–H groups in total. The Kier molecular flexibility index (Phi) is 12.7. The average molecular weight is 696 g/mol. The SMILES string of the molecule is CCCCC1=Cc2c(-c3c(C)ccc4ccccc34)cccc2C1c1cccc2c1[cH-]c1ccccc12.C[Si]C.[Cl-].[Cl-].[Zr+3]. The molecule has 0 amide bonds. The average Bonchev–Trinajstić information content (AvgIpc) is 3.55. The van der Waals surface area contributed by atoms with Gasteiger partial charge in [-0.1, -0.05) is 135 Å². The zero-order chi connectivity index (χ0) is 27.6. The first-order chi connectivity index (χ1) is 19.7. The molecule has 0 saturated heterocycles. The van der Waals surface area contributed by atoms with E-state index in [4.69, 9.17) is 0 Å². The van der Waals surface area contributed by atoms with Crippen molar-refractivity contribution in [2.24, 2.45) is 0 Å². The molecule has 0 spiro atoms. The number of unbranched alkanes of at least 4 members (excludes halogenated alkanes) is 1. The molecule has 0 aromatic heterocycles. The predicted octanol–water partition coefficient (Wildman–Crippen LogP) is 5.35. The van der Waals surface area contributed by atoms with Crippen LogP contribution in [0.25, 0.3) is 49.5 Å². The molecule has 1 aliphatic carbocycles. The molecule has 0 heterocycles. The summed E-state index contributed by atoms with van der Waals surface area (Å²) in [5.41, 5.74) is 9.94. The van der Waals surface area contributed by atoms with E-state index >= 15 is 0 Å². The minimum atomic E-state index is 0. The molecule has 0 saturated carbocycles. The molecule has 0 nitrogen and oxygen atoms in total. The van der Waals surface area contributed by atoms with Crippen LogP contribution >= 0.6 is 0 Å². The third-order valence-corrected chi connectivity index (χ3v) is 8.38. The van der Waals surface area contributed by atoms with Crippen LogP contribution in [-0.2, 0) is 26.2 Å².